The van der Waals surface area contributed by atoms with Gasteiger partial charge in [0.2, 0.25) is 0 Å². The standard InChI is InChI=1S/C8H17NO3P2/c1-6(10)4-5-7(8(11)12-14)9(2,3)13/h7H,1,4-5,13-14H2,2-3H3/p+1. The summed E-state index contributed by atoms with van der Waals surface area (Å²) >= 11 is 0. The Kier molecular flexibility index (Phi) is 5.58. The highest BCUT2D eigenvalue weighted by atomic mass is 31.0. The third-order valence-electron chi connectivity index (χ3n) is 1.90. The van der Waals surface area contributed by atoms with Crippen LogP contribution in [0.15, 0.2) is 12.3 Å². The number of carbonyl (C=O) groups excluding carboxylic acids is 1. The molecule has 0 radical (unpaired) electrons. The van der Waals surface area contributed by atoms with Gasteiger partial charge in [-0.25, -0.2) is 4.79 Å². The third-order valence-corrected chi connectivity index (χ3v) is 2.49. The number of quaternary nitrogens is 1. The Morgan fingerprint density at radius 1 is 1.64 bits per heavy atom. The maximum absolute atomic E-state index is 11.4. The largest absolute Gasteiger partial charge is 0.513 e. The first kappa shape index (κ1) is 13.8. The van der Waals surface area contributed by atoms with Gasteiger partial charge in [-0.15, -0.1) is 0 Å². The van der Waals surface area contributed by atoms with E-state index in [0.717, 1.165) is 0 Å². The number of allylic oxidation sites excluding steroid dienone is 1. The molecule has 3 atom stereocenters. The highest BCUT2D eigenvalue weighted by molar-refractivity contribution is 7.11. The minimum atomic E-state index is -0.318. The molecule has 6 heteroatoms. The molecule has 0 heterocycles. The van der Waals surface area contributed by atoms with Crippen LogP contribution in [-0.2, 0) is 9.32 Å². The summed E-state index contributed by atoms with van der Waals surface area (Å²) in [4.78, 5) is 11.4. The molecule has 0 aliphatic heterocycles. The summed E-state index contributed by atoms with van der Waals surface area (Å²) in [6.45, 7) is 3.38. The lowest BCUT2D eigenvalue weighted by Gasteiger charge is -2.31. The van der Waals surface area contributed by atoms with Crippen LogP contribution in [0.1, 0.15) is 12.8 Å². The van der Waals surface area contributed by atoms with E-state index in [0.29, 0.717) is 17.1 Å². The van der Waals surface area contributed by atoms with E-state index >= 15 is 0 Å². The fourth-order valence-electron chi connectivity index (χ4n) is 1.10. The van der Waals surface area contributed by atoms with Gasteiger partial charge in [0.25, 0.3) is 0 Å². The maximum atomic E-state index is 11.4. The minimum absolute atomic E-state index is 0.0880. The summed E-state index contributed by atoms with van der Waals surface area (Å²) in [7, 11) is 8.24. The molecule has 0 fully saturated rings. The lowest BCUT2D eigenvalue weighted by atomic mass is 10.1. The van der Waals surface area contributed by atoms with Crippen LogP contribution in [0.5, 0.6) is 0 Å². The van der Waals surface area contributed by atoms with Crippen LogP contribution >= 0.6 is 18.9 Å². The molecule has 4 nitrogen and oxygen atoms in total. The van der Waals surface area contributed by atoms with Gasteiger partial charge in [-0.3, -0.25) is 0 Å². The smallest absolute Gasteiger partial charge is 0.367 e. The van der Waals surface area contributed by atoms with Crippen LogP contribution in [0.3, 0.4) is 0 Å². The molecule has 0 aliphatic rings. The van der Waals surface area contributed by atoms with Gasteiger partial charge in [0, 0.05) is 12.8 Å². The number of hydrogen-bond donors (Lipinski definition) is 1. The van der Waals surface area contributed by atoms with Gasteiger partial charge < -0.3 is 13.9 Å². The number of nitrogens with zero attached hydrogens (tertiary/aromatic N) is 1. The van der Waals surface area contributed by atoms with Crippen LogP contribution < -0.4 is 0 Å². The molecule has 3 unspecified atom stereocenters. The van der Waals surface area contributed by atoms with Crippen LogP contribution in [0, 0.1) is 0 Å². The summed E-state index contributed by atoms with van der Waals surface area (Å²) < 4.78 is 5.00. The predicted molar refractivity (Wildman–Crippen MR) is 62.4 cm³/mol. The molecular formula is C8H18NO3P2+. The molecule has 82 valence electrons. The second-order valence-corrected chi connectivity index (χ2v) is 5.25. The van der Waals surface area contributed by atoms with E-state index < -0.39 is 0 Å². The number of aliphatic hydroxyl groups is 1. The van der Waals surface area contributed by atoms with Crippen molar-refractivity contribution in [2.45, 2.75) is 18.9 Å². The van der Waals surface area contributed by atoms with Gasteiger partial charge in [0.15, 0.2) is 6.04 Å². The van der Waals surface area contributed by atoms with Crippen LogP contribution in [0.25, 0.3) is 0 Å². The average molecular weight is 238 g/mol. The summed E-state index contributed by atoms with van der Waals surface area (Å²) in [5.41, 5.74) is 0. The molecular weight excluding hydrogens is 220 g/mol. The quantitative estimate of drug-likeness (QED) is 0.581. The number of likely N-dealkylation sites (N-methyl/N-ethyl adjacent to an activating group) is 1. The molecule has 0 rings (SSSR count). The van der Waals surface area contributed by atoms with Crippen molar-refractivity contribution in [2.24, 2.45) is 0 Å². The third kappa shape index (κ3) is 4.90. The topological polar surface area (TPSA) is 46.5 Å². The molecule has 1 N–H and O–H groups in total. The van der Waals surface area contributed by atoms with Crippen molar-refractivity contribution in [3.63, 3.8) is 0 Å². The SMILES string of the molecule is C=C(O)CCC(C(=O)OP)[N+](C)(C)P. The second kappa shape index (κ2) is 5.65. The highest BCUT2D eigenvalue weighted by Crippen LogP contribution is 2.21. The Bertz CT molecular complexity index is 225. The van der Waals surface area contributed by atoms with Gasteiger partial charge in [0.05, 0.1) is 38.7 Å². The monoisotopic (exact) mass is 238 g/mol. The number of aliphatic hydroxyl groups excluding tert-OH is 1. The molecule has 0 saturated heterocycles. The minimum Gasteiger partial charge on any atom is -0.513 e. The van der Waals surface area contributed by atoms with Gasteiger partial charge in [-0.05, 0) is 0 Å². The van der Waals surface area contributed by atoms with E-state index in [4.69, 9.17) is 5.11 Å². The van der Waals surface area contributed by atoms with E-state index in [1.54, 1.807) is 0 Å². The van der Waals surface area contributed by atoms with Crippen molar-refractivity contribution >= 4 is 24.8 Å². The molecule has 0 aromatic heterocycles. The van der Waals surface area contributed by atoms with Gasteiger partial charge >= 0.3 is 5.97 Å². The Balaban J connectivity index is 4.41. The molecule has 0 aliphatic carbocycles. The Hall–Kier alpha value is -0.170. The van der Waals surface area contributed by atoms with E-state index in [1.165, 1.54) is 0 Å². The summed E-state index contributed by atoms with van der Waals surface area (Å²) in [6.07, 6.45) is 0.916. The lowest BCUT2D eigenvalue weighted by Crippen LogP contribution is -2.45. The molecule has 0 aromatic rings. The Morgan fingerprint density at radius 2 is 2.14 bits per heavy atom. The van der Waals surface area contributed by atoms with Crippen LogP contribution in [0.2, 0.25) is 0 Å². The summed E-state index contributed by atoms with van der Waals surface area (Å²) in [5, 5.41) is 8.96. The first-order valence-electron chi connectivity index (χ1n) is 4.18. The van der Waals surface area contributed by atoms with Crippen molar-refractivity contribution in [1.29, 1.82) is 0 Å². The first-order valence-corrected chi connectivity index (χ1v) is 5.17. The zero-order chi connectivity index (χ0) is 11.4. The molecule has 0 saturated carbocycles. The normalized spacial score (nSPS) is 13.4. The van der Waals surface area contributed by atoms with Crippen molar-refractivity contribution in [3.05, 3.63) is 12.3 Å². The van der Waals surface area contributed by atoms with Crippen molar-refractivity contribution in [2.75, 3.05) is 14.1 Å². The molecule has 0 bridgehead atoms. The van der Waals surface area contributed by atoms with Crippen LogP contribution in [0.4, 0.5) is 0 Å². The van der Waals surface area contributed by atoms with E-state index in [9.17, 15) is 4.79 Å². The average Bonchev–Trinajstić information content (AvgIpc) is 2.01. The highest BCUT2D eigenvalue weighted by Gasteiger charge is 2.32. The van der Waals surface area contributed by atoms with E-state index in [-0.39, 0.29) is 17.8 Å². The number of carbonyl (C=O) groups is 1. The zero-order valence-electron chi connectivity index (χ0n) is 8.56. The molecule has 0 spiro atoms. The number of hydrogen-bond acceptors (Lipinski definition) is 3. The molecule has 0 amide bonds. The number of rotatable bonds is 5. The summed E-state index contributed by atoms with van der Waals surface area (Å²) in [6, 6.07) is -0.318. The van der Waals surface area contributed by atoms with Gasteiger partial charge in [-0.1, -0.05) is 6.58 Å². The first-order chi connectivity index (χ1) is 6.29. The fraction of sp³-hybridized carbons (Fsp3) is 0.625. The molecule has 0 aromatic carbocycles. The fourth-order valence-corrected chi connectivity index (χ4v) is 1.53. The van der Waals surface area contributed by atoms with Crippen LogP contribution in [-0.4, -0.2) is 35.5 Å². The van der Waals surface area contributed by atoms with Gasteiger partial charge in [-0.2, -0.15) is 0 Å². The van der Waals surface area contributed by atoms with Crippen molar-refractivity contribution in [1.82, 2.24) is 0 Å². The van der Waals surface area contributed by atoms with E-state index in [2.05, 4.69) is 20.5 Å². The lowest BCUT2D eigenvalue weighted by molar-refractivity contribution is -0.775. The predicted octanol–water partition coefficient (Wildman–Crippen LogP) is 1.41. The van der Waals surface area contributed by atoms with Crippen molar-refractivity contribution in [3.8, 4) is 0 Å². The maximum Gasteiger partial charge on any atom is 0.367 e. The Labute approximate surface area is 89.4 Å². The van der Waals surface area contributed by atoms with Crippen molar-refractivity contribution < 1.29 is 18.7 Å². The zero-order valence-corrected chi connectivity index (χ0v) is 10.9. The van der Waals surface area contributed by atoms with Gasteiger partial charge in [0.1, 0.15) is 0 Å². The van der Waals surface area contributed by atoms with E-state index in [1.807, 2.05) is 23.6 Å². The Morgan fingerprint density at radius 3 is 2.43 bits per heavy atom. The summed E-state index contributed by atoms with van der Waals surface area (Å²) in [5.74, 6) is -0.221. The molecule has 14 heavy (non-hydrogen) atoms. The second-order valence-electron chi connectivity index (χ2n) is 3.69.